The first-order valence-corrected chi connectivity index (χ1v) is 8.53. The van der Waals surface area contributed by atoms with E-state index in [1.807, 2.05) is 19.1 Å². The summed E-state index contributed by atoms with van der Waals surface area (Å²) in [4.78, 5) is 10.2. The van der Waals surface area contributed by atoms with Crippen molar-refractivity contribution in [2.75, 3.05) is 0 Å². The van der Waals surface area contributed by atoms with Crippen molar-refractivity contribution in [1.29, 1.82) is 0 Å². The Kier molecular flexibility index (Phi) is 13.4. The number of aromatic hydroxyl groups is 1. The third-order valence-electron chi connectivity index (χ3n) is 3.50. The molecule has 0 bridgehead atoms. The molecule has 3 heteroatoms. The summed E-state index contributed by atoms with van der Waals surface area (Å²) < 4.78 is 0. The molecule has 0 saturated carbocycles. The van der Waals surface area contributed by atoms with Gasteiger partial charge in [-0.2, -0.15) is 0 Å². The van der Waals surface area contributed by atoms with Crippen LogP contribution in [0.4, 0.5) is 0 Å². The Hall–Kier alpha value is -1.51. The van der Waals surface area contributed by atoms with Crippen LogP contribution in [0.25, 0.3) is 0 Å². The van der Waals surface area contributed by atoms with Crippen LogP contribution in [0.15, 0.2) is 24.3 Å². The molecule has 2 N–H and O–H groups in total. The zero-order chi connectivity index (χ0) is 16.6. The first-order chi connectivity index (χ1) is 10.6. The zero-order valence-corrected chi connectivity index (χ0v) is 14.2. The molecule has 0 spiro atoms. The number of phenolic OH excluding ortho intramolecular Hbond substituents is 1. The molecule has 0 aromatic heterocycles. The summed E-state index contributed by atoms with van der Waals surface area (Å²) in [5.41, 5.74) is 1.09. The van der Waals surface area contributed by atoms with Crippen LogP contribution in [-0.2, 0) is 4.79 Å². The molecule has 0 aliphatic carbocycles. The number of carbonyl (C=O) groups is 1. The number of carboxylic acid groups (broad SMARTS) is 1. The van der Waals surface area contributed by atoms with E-state index in [1.54, 1.807) is 12.1 Å². The minimum atomic E-state index is -0.659. The van der Waals surface area contributed by atoms with E-state index in [2.05, 4.69) is 6.92 Å². The van der Waals surface area contributed by atoms with Gasteiger partial charge in [0, 0.05) is 6.42 Å². The van der Waals surface area contributed by atoms with Gasteiger partial charge >= 0.3 is 5.97 Å². The zero-order valence-electron chi connectivity index (χ0n) is 14.2. The molecule has 0 radical (unpaired) electrons. The van der Waals surface area contributed by atoms with Crippen molar-refractivity contribution in [3.8, 4) is 5.75 Å². The van der Waals surface area contributed by atoms with Gasteiger partial charge in [0.15, 0.2) is 0 Å². The lowest BCUT2D eigenvalue weighted by Gasteiger charge is -2.00. The van der Waals surface area contributed by atoms with Gasteiger partial charge in [0.1, 0.15) is 5.75 Å². The van der Waals surface area contributed by atoms with Crippen LogP contribution in [0.1, 0.15) is 76.7 Å². The molecule has 0 fully saturated rings. The number of rotatable bonds is 10. The molecule has 0 amide bonds. The van der Waals surface area contributed by atoms with Gasteiger partial charge in [-0.05, 0) is 31.0 Å². The van der Waals surface area contributed by atoms with E-state index in [9.17, 15) is 4.79 Å². The fourth-order valence-corrected chi connectivity index (χ4v) is 2.21. The van der Waals surface area contributed by atoms with Crippen molar-refractivity contribution in [3.63, 3.8) is 0 Å². The second kappa shape index (κ2) is 14.4. The van der Waals surface area contributed by atoms with E-state index >= 15 is 0 Å². The monoisotopic (exact) mass is 308 g/mol. The first-order valence-electron chi connectivity index (χ1n) is 8.53. The maximum absolute atomic E-state index is 10.2. The van der Waals surface area contributed by atoms with Crippen LogP contribution in [0, 0.1) is 6.92 Å². The summed E-state index contributed by atoms with van der Waals surface area (Å²) in [6.45, 7) is 4.17. The van der Waals surface area contributed by atoms with Crippen LogP contribution in [0.2, 0.25) is 0 Å². The molecule has 1 rings (SSSR count). The van der Waals surface area contributed by atoms with Crippen molar-refractivity contribution >= 4 is 5.97 Å². The van der Waals surface area contributed by atoms with Crippen LogP contribution < -0.4 is 0 Å². The molecule has 0 saturated heterocycles. The van der Waals surface area contributed by atoms with E-state index in [0.29, 0.717) is 12.2 Å². The molecule has 0 unspecified atom stereocenters. The molecule has 0 atom stereocenters. The van der Waals surface area contributed by atoms with Gasteiger partial charge in [-0.25, -0.2) is 0 Å². The van der Waals surface area contributed by atoms with Crippen LogP contribution in [0.3, 0.4) is 0 Å². The van der Waals surface area contributed by atoms with E-state index in [0.717, 1.165) is 18.4 Å². The molecule has 1 aromatic carbocycles. The Bertz CT molecular complexity index is 371. The first kappa shape index (κ1) is 20.5. The van der Waals surface area contributed by atoms with E-state index in [-0.39, 0.29) is 0 Å². The van der Waals surface area contributed by atoms with Crippen molar-refractivity contribution in [2.45, 2.75) is 78.1 Å². The number of aliphatic carboxylic acids is 1. The highest BCUT2D eigenvalue weighted by molar-refractivity contribution is 5.66. The Morgan fingerprint density at radius 1 is 0.955 bits per heavy atom. The molecule has 0 aliphatic heterocycles. The Balaban J connectivity index is 0.000000461. The van der Waals surface area contributed by atoms with Gasteiger partial charge in [-0.15, -0.1) is 0 Å². The van der Waals surface area contributed by atoms with E-state index in [1.165, 1.54) is 44.9 Å². The quantitative estimate of drug-likeness (QED) is 0.546. The van der Waals surface area contributed by atoms with Crippen LogP contribution >= 0.6 is 0 Å². The Morgan fingerprint density at radius 2 is 1.50 bits per heavy atom. The highest BCUT2D eigenvalue weighted by atomic mass is 16.4. The molecule has 0 aliphatic rings. The summed E-state index contributed by atoms with van der Waals surface area (Å²) in [6, 6.07) is 7.15. The summed E-state index contributed by atoms with van der Waals surface area (Å²) in [6.07, 6.45) is 11.5. The lowest BCUT2D eigenvalue weighted by Crippen LogP contribution is -1.93. The third kappa shape index (κ3) is 14.9. The molecule has 22 heavy (non-hydrogen) atoms. The van der Waals surface area contributed by atoms with E-state index < -0.39 is 5.97 Å². The van der Waals surface area contributed by atoms with Crippen molar-refractivity contribution < 1.29 is 15.0 Å². The Morgan fingerprint density at radius 3 is 1.91 bits per heavy atom. The molecule has 0 heterocycles. The van der Waals surface area contributed by atoms with Gasteiger partial charge in [0.2, 0.25) is 0 Å². The standard InChI is InChI=1S/C12H24O2.C7H8O/c1-2-3-4-5-6-7-8-9-10-11-12(13)14;1-6-3-2-4-7(8)5-6/h2-11H2,1H3,(H,13,14);2-5,8H,1H3. The largest absolute Gasteiger partial charge is 0.508 e. The lowest BCUT2D eigenvalue weighted by molar-refractivity contribution is -0.137. The molecular formula is C19H32O3. The minimum Gasteiger partial charge on any atom is -0.508 e. The predicted molar refractivity (Wildman–Crippen MR) is 92.3 cm³/mol. The number of unbranched alkanes of at least 4 members (excludes halogenated alkanes) is 8. The van der Waals surface area contributed by atoms with Crippen LogP contribution in [0.5, 0.6) is 5.75 Å². The number of hydrogen-bond acceptors (Lipinski definition) is 2. The number of phenols is 1. The smallest absolute Gasteiger partial charge is 0.303 e. The summed E-state index contributed by atoms with van der Waals surface area (Å²) in [5, 5.41) is 17.2. The SMILES string of the molecule is CCCCCCCCCCCC(=O)O.Cc1cccc(O)c1. The summed E-state index contributed by atoms with van der Waals surface area (Å²) >= 11 is 0. The topological polar surface area (TPSA) is 57.5 Å². The summed E-state index contributed by atoms with van der Waals surface area (Å²) in [7, 11) is 0. The minimum absolute atomic E-state index is 0.338. The number of aryl methyl sites for hydroxylation is 1. The highest BCUT2D eigenvalue weighted by Gasteiger charge is 1.96. The molecule has 1 aromatic rings. The fraction of sp³-hybridized carbons (Fsp3) is 0.632. The lowest BCUT2D eigenvalue weighted by atomic mass is 10.1. The van der Waals surface area contributed by atoms with Gasteiger partial charge in [-0.3, -0.25) is 4.79 Å². The second-order valence-electron chi connectivity index (χ2n) is 5.81. The fourth-order valence-electron chi connectivity index (χ4n) is 2.21. The maximum atomic E-state index is 10.2. The summed E-state index contributed by atoms with van der Waals surface area (Å²) in [5.74, 6) is -0.321. The second-order valence-corrected chi connectivity index (χ2v) is 5.81. The third-order valence-corrected chi connectivity index (χ3v) is 3.50. The maximum Gasteiger partial charge on any atom is 0.303 e. The molecular weight excluding hydrogens is 276 g/mol. The van der Waals surface area contributed by atoms with Crippen molar-refractivity contribution in [1.82, 2.24) is 0 Å². The van der Waals surface area contributed by atoms with Gasteiger partial charge in [0.05, 0.1) is 0 Å². The predicted octanol–water partition coefficient (Wildman–Crippen LogP) is 5.69. The normalized spacial score (nSPS) is 9.91. The Labute approximate surface area is 135 Å². The average Bonchev–Trinajstić information content (AvgIpc) is 2.46. The van der Waals surface area contributed by atoms with Gasteiger partial charge < -0.3 is 10.2 Å². The van der Waals surface area contributed by atoms with Crippen LogP contribution in [-0.4, -0.2) is 16.2 Å². The van der Waals surface area contributed by atoms with Gasteiger partial charge in [-0.1, -0.05) is 70.4 Å². The number of carboxylic acids is 1. The van der Waals surface area contributed by atoms with Crippen molar-refractivity contribution in [2.24, 2.45) is 0 Å². The molecule has 126 valence electrons. The highest BCUT2D eigenvalue weighted by Crippen LogP contribution is 2.10. The molecule has 3 nitrogen and oxygen atoms in total. The number of benzene rings is 1. The van der Waals surface area contributed by atoms with Crippen molar-refractivity contribution in [3.05, 3.63) is 29.8 Å². The van der Waals surface area contributed by atoms with Gasteiger partial charge in [0.25, 0.3) is 0 Å². The number of hydrogen-bond donors (Lipinski definition) is 2. The average molecular weight is 308 g/mol. The van der Waals surface area contributed by atoms with E-state index in [4.69, 9.17) is 10.2 Å².